The molecular formula is C22H23N5O3. The Morgan fingerprint density at radius 2 is 2.03 bits per heavy atom. The Kier molecular flexibility index (Phi) is 5.74. The molecule has 1 atom stereocenters. The number of hydrogen-bond donors (Lipinski definition) is 2. The van der Waals surface area contributed by atoms with Gasteiger partial charge in [0.25, 0.3) is 5.91 Å². The quantitative estimate of drug-likeness (QED) is 0.680. The number of nitrogens with one attached hydrogen (secondary N) is 2. The van der Waals surface area contributed by atoms with Gasteiger partial charge in [-0.25, -0.2) is 0 Å². The Bertz CT molecular complexity index is 1030. The molecule has 3 aromatic rings. The van der Waals surface area contributed by atoms with E-state index in [0.29, 0.717) is 35.9 Å². The van der Waals surface area contributed by atoms with Gasteiger partial charge in [0.1, 0.15) is 11.4 Å². The minimum Gasteiger partial charge on any atom is -0.497 e. The van der Waals surface area contributed by atoms with Crippen LogP contribution in [0.25, 0.3) is 11.3 Å². The van der Waals surface area contributed by atoms with Gasteiger partial charge in [0.2, 0.25) is 5.91 Å². The van der Waals surface area contributed by atoms with E-state index in [1.54, 1.807) is 36.5 Å². The first-order valence-corrected chi connectivity index (χ1v) is 9.84. The SMILES string of the molecule is COc1cccc(NC(=O)C2CCCN(C(=O)c3cc(-c4ccncc4)n[nH]3)C2)c1. The Hall–Kier alpha value is -3.68. The lowest BCUT2D eigenvalue weighted by Gasteiger charge is -2.31. The number of benzene rings is 1. The monoisotopic (exact) mass is 405 g/mol. The van der Waals surface area contributed by atoms with Gasteiger partial charge in [-0.15, -0.1) is 0 Å². The maximum atomic E-state index is 12.9. The first-order chi connectivity index (χ1) is 14.6. The van der Waals surface area contributed by atoms with E-state index in [0.717, 1.165) is 18.4 Å². The van der Waals surface area contributed by atoms with Crippen LogP contribution in [-0.4, -0.2) is 52.1 Å². The first kappa shape index (κ1) is 19.6. The molecule has 1 aliphatic rings. The number of anilines is 1. The lowest BCUT2D eigenvalue weighted by molar-refractivity contribution is -0.121. The molecule has 154 valence electrons. The van der Waals surface area contributed by atoms with E-state index in [4.69, 9.17) is 4.74 Å². The molecule has 1 unspecified atom stereocenters. The standard InChI is InChI=1S/C22H23N5O3/c1-30-18-6-2-5-17(12-18)24-21(28)16-4-3-11-27(14-16)22(29)20-13-19(25-26-20)15-7-9-23-10-8-15/h2,5-10,12-13,16H,3-4,11,14H2,1H3,(H,24,28)(H,25,26). The van der Waals surface area contributed by atoms with E-state index in [-0.39, 0.29) is 17.7 Å². The number of rotatable bonds is 5. The molecule has 1 aromatic carbocycles. The topological polar surface area (TPSA) is 100 Å². The van der Waals surface area contributed by atoms with Crippen molar-refractivity contribution in [3.63, 3.8) is 0 Å². The van der Waals surface area contributed by atoms with E-state index >= 15 is 0 Å². The van der Waals surface area contributed by atoms with Crippen molar-refractivity contribution in [1.82, 2.24) is 20.1 Å². The predicted molar refractivity (Wildman–Crippen MR) is 112 cm³/mol. The van der Waals surface area contributed by atoms with E-state index in [2.05, 4.69) is 20.5 Å². The molecule has 1 aliphatic heterocycles. The molecule has 1 saturated heterocycles. The van der Waals surface area contributed by atoms with Gasteiger partial charge in [-0.3, -0.25) is 19.7 Å². The third-order valence-corrected chi connectivity index (χ3v) is 5.20. The molecular weight excluding hydrogens is 382 g/mol. The lowest BCUT2D eigenvalue weighted by Crippen LogP contribution is -2.43. The summed E-state index contributed by atoms with van der Waals surface area (Å²) in [4.78, 5) is 31.4. The van der Waals surface area contributed by atoms with Crippen LogP contribution in [-0.2, 0) is 4.79 Å². The zero-order valence-electron chi connectivity index (χ0n) is 16.7. The first-order valence-electron chi connectivity index (χ1n) is 9.84. The number of nitrogens with zero attached hydrogens (tertiary/aromatic N) is 3. The minimum absolute atomic E-state index is 0.0946. The van der Waals surface area contributed by atoms with Crippen LogP contribution in [0.5, 0.6) is 5.75 Å². The van der Waals surface area contributed by atoms with Crippen LogP contribution in [0, 0.1) is 5.92 Å². The average Bonchev–Trinajstić information content (AvgIpc) is 3.30. The predicted octanol–water partition coefficient (Wildman–Crippen LogP) is 2.97. The van der Waals surface area contributed by atoms with Crippen molar-refractivity contribution in [2.45, 2.75) is 12.8 Å². The van der Waals surface area contributed by atoms with Crippen molar-refractivity contribution in [3.05, 3.63) is 60.6 Å². The maximum Gasteiger partial charge on any atom is 0.271 e. The molecule has 1 fully saturated rings. The molecule has 4 rings (SSSR count). The van der Waals surface area contributed by atoms with Crippen molar-refractivity contribution < 1.29 is 14.3 Å². The highest BCUT2D eigenvalue weighted by molar-refractivity contribution is 5.96. The van der Waals surface area contributed by atoms with Crippen LogP contribution in [0.1, 0.15) is 23.3 Å². The molecule has 0 saturated carbocycles. The zero-order valence-corrected chi connectivity index (χ0v) is 16.7. The van der Waals surface area contributed by atoms with Crippen molar-refractivity contribution in [2.75, 3.05) is 25.5 Å². The number of ether oxygens (including phenoxy) is 1. The van der Waals surface area contributed by atoms with E-state index in [1.165, 1.54) is 0 Å². The second kappa shape index (κ2) is 8.77. The third kappa shape index (κ3) is 4.32. The van der Waals surface area contributed by atoms with Gasteiger partial charge in [0.05, 0.1) is 18.7 Å². The van der Waals surface area contributed by atoms with Crippen molar-refractivity contribution in [2.24, 2.45) is 5.92 Å². The number of hydrogen-bond acceptors (Lipinski definition) is 5. The van der Waals surface area contributed by atoms with Gasteiger partial charge in [-0.05, 0) is 43.2 Å². The number of piperidine rings is 1. The Morgan fingerprint density at radius 1 is 1.20 bits per heavy atom. The number of likely N-dealkylation sites (tertiary alicyclic amines) is 1. The highest BCUT2D eigenvalue weighted by Gasteiger charge is 2.29. The number of aromatic nitrogens is 3. The van der Waals surface area contributed by atoms with Crippen molar-refractivity contribution in [1.29, 1.82) is 0 Å². The summed E-state index contributed by atoms with van der Waals surface area (Å²) in [6, 6.07) is 12.6. The summed E-state index contributed by atoms with van der Waals surface area (Å²) in [5.41, 5.74) is 2.66. The van der Waals surface area contributed by atoms with Crippen LogP contribution in [0.2, 0.25) is 0 Å². The molecule has 0 spiro atoms. The number of carbonyl (C=O) groups is 2. The van der Waals surface area contributed by atoms with Crippen LogP contribution >= 0.6 is 0 Å². The maximum absolute atomic E-state index is 12.9. The van der Waals surface area contributed by atoms with Gasteiger partial charge in [-0.1, -0.05) is 6.07 Å². The van der Waals surface area contributed by atoms with Gasteiger partial charge >= 0.3 is 0 Å². The summed E-state index contributed by atoms with van der Waals surface area (Å²) in [5, 5.41) is 9.99. The normalized spacial score (nSPS) is 16.2. The number of amides is 2. The van der Waals surface area contributed by atoms with Gasteiger partial charge in [0.15, 0.2) is 0 Å². The number of carbonyl (C=O) groups excluding carboxylic acids is 2. The van der Waals surface area contributed by atoms with Crippen molar-refractivity contribution >= 4 is 17.5 Å². The van der Waals surface area contributed by atoms with E-state index in [1.807, 2.05) is 30.3 Å². The Morgan fingerprint density at radius 3 is 2.83 bits per heavy atom. The second-order valence-corrected chi connectivity index (χ2v) is 7.21. The number of H-pyrrole nitrogens is 1. The summed E-state index contributed by atoms with van der Waals surface area (Å²) < 4.78 is 5.20. The second-order valence-electron chi connectivity index (χ2n) is 7.21. The van der Waals surface area contributed by atoms with E-state index in [9.17, 15) is 9.59 Å². The summed E-state index contributed by atoms with van der Waals surface area (Å²) in [6.07, 6.45) is 4.88. The molecule has 0 bridgehead atoms. The molecule has 8 heteroatoms. The fraction of sp³-hybridized carbons (Fsp3) is 0.273. The third-order valence-electron chi connectivity index (χ3n) is 5.20. The molecule has 0 radical (unpaired) electrons. The summed E-state index contributed by atoms with van der Waals surface area (Å²) >= 11 is 0. The fourth-order valence-corrected chi connectivity index (χ4v) is 3.59. The number of aromatic amines is 1. The number of pyridine rings is 1. The number of methoxy groups -OCH3 is 1. The van der Waals surface area contributed by atoms with Crippen LogP contribution in [0.15, 0.2) is 54.9 Å². The Balaban J connectivity index is 1.41. The molecule has 0 aliphatic carbocycles. The smallest absolute Gasteiger partial charge is 0.271 e. The Labute approximate surface area is 174 Å². The highest BCUT2D eigenvalue weighted by atomic mass is 16.5. The highest BCUT2D eigenvalue weighted by Crippen LogP contribution is 2.23. The average molecular weight is 405 g/mol. The van der Waals surface area contributed by atoms with Gasteiger partial charge in [-0.2, -0.15) is 5.10 Å². The lowest BCUT2D eigenvalue weighted by atomic mass is 9.96. The fourth-order valence-electron chi connectivity index (χ4n) is 3.59. The molecule has 8 nitrogen and oxygen atoms in total. The molecule has 2 amide bonds. The van der Waals surface area contributed by atoms with Gasteiger partial charge < -0.3 is 15.0 Å². The van der Waals surface area contributed by atoms with Crippen LogP contribution < -0.4 is 10.1 Å². The minimum atomic E-state index is -0.267. The van der Waals surface area contributed by atoms with Gasteiger partial charge in [0, 0.05) is 42.8 Å². The summed E-state index contributed by atoms with van der Waals surface area (Å²) in [7, 11) is 1.58. The molecule has 3 heterocycles. The molecule has 2 aromatic heterocycles. The summed E-state index contributed by atoms with van der Waals surface area (Å²) in [6.45, 7) is 0.990. The van der Waals surface area contributed by atoms with Crippen LogP contribution in [0.4, 0.5) is 5.69 Å². The van der Waals surface area contributed by atoms with Crippen molar-refractivity contribution in [3.8, 4) is 17.0 Å². The van der Waals surface area contributed by atoms with Crippen LogP contribution in [0.3, 0.4) is 0 Å². The van der Waals surface area contributed by atoms with E-state index < -0.39 is 0 Å². The summed E-state index contributed by atoms with van der Waals surface area (Å²) in [5.74, 6) is 0.165. The molecule has 30 heavy (non-hydrogen) atoms. The zero-order chi connectivity index (χ0) is 20.9. The largest absolute Gasteiger partial charge is 0.497 e. The molecule has 2 N–H and O–H groups in total.